The Labute approximate surface area is 122 Å². The van der Waals surface area contributed by atoms with Crippen LogP contribution in [0.25, 0.3) is 0 Å². The summed E-state index contributed by atoms with van der Waals surface area (Å²) in [4.78, 5) is 12.2. The topological polar surface area (TPSA) is 88.1 Å². The van der Waals surface area contributed by atoms with E-state index in [1.807, 2.05) is 6.07 Å². The number of nitrogens with one attached hydrogen (secondary N) is 1. The molecule has 1 fully saturated rings. The Morgan fingerprint density at radius 2 is 2.05 bits per heavy atom. The molecule has 20 heavy (non-hydrogen) atoms. The number of nitriles is 1. The number of anilines is 2. The number of esters is 1. The maximum atomic E-state index is 11.8. The number of nitrogens with zero attached hydrogens (tertiary/aromatic N) is 1. The molecule has 3 N–H and O–H groups in total. The monoisotopic (exact) mass is 293 g/mol. The van der Waals surface area contributed by atoms with Gasteiger partial charge in [-0.25, -0.2) is 4.79 Å². The van der Waals surface area contributed by atoms with Crippen LogP contribution in [0.2, 0.25) is 0 Å². The van der Waals surface area contributed by atoms with Crippen LogP contribution in [0.3, 0.4) is 0 Å². The Morgan fingerprint density at radius 3 is 2.60 bits per heavy atom. The molecule has 0 aromatic carbocycles. The molecular weight excluding hydrogens is 274 g/mol. The van der Waals surface area contributed by atoms with E-state index in [0.717, 1.165) is 12.8 Å². The van der Waals surface area contributed by atoms with E-state index in [2.05, 4.69) is 5.32 Å². The summed E-state index contributed by atoms with van der Waals surface area (Å²) in [5.41, 5.74) is 6.40. The summed E-state index contributed by atoms with van der Waals surface area (Å²) in [5, 5.41) is 13.1. The molecule has 0 aliphatic heterocycles. The highest BCUT2D eigenvalue weighted by Crippen LogP contribution is 2.37. The zero-order valence-corrected chi connectivity index (χ0v) is 12.4. The first-order valence-electron chi connectivity index (χ1n) is 6.84. The maximum absolute atomic E-state index is 11.8. The number of thiophene rings is 1. The number of carbonyl (C=O) groups is 1. The molecular formula is C14H19N3O2S. The second kappa shape index (κ2) is 6.62. The lowest BCUT2D eigenvalue weighted by atomic mass is 10.1. The summed E-state index contributed by atoms with van der Waals surface area (Å²) >= 11 is 1.23. The number of rotatable bonds is 3. The van der Waals surface area contributed by atoms with E-state index in [-0.39, 0.29) is 5.69 Å². The van der Waals surface area contributed by atoms with Crippen molar-refractivity contribution in [2.75, 3.05) is 18.2 Å². The molecule has 1 aromatic rings. The third-order valence-corrected chi connectivity index (χ3v) is 4.67. The smallest absolute Gasteiger partial charge is 0.343 e. The van der Waals surface area contributed by atoms with Gasteiger partial charge in [0.15, 0.2) is 0 Å². The van der Waals surface area contributed by atoms with Gasteiger partial charge in [0.1, 0.15) is 21.5 Å². The van der Waals surface area contributed by atoms with Gasteiger partial charge in [0, 0.05) is 6.04 Å². The van der Waals surface area contributed by atoms with Crippen molar-refractivity contribution in [3.63, 3.8) is 0 Å². The molecule has 0 spiro atoms. The number of hydrogen-bond acceptors (Lipinski definition) is 6. The number of carbonyl (C=O) groups excluding carboxylic acids is 1. The van der Waals surface area contributed by atoms with Crippen LogP contribution in [0, 0.1) is 11.3 Å². The van der Waals surface area contributed by atoms with E-state index < -0.39 is 5.97 Å². The van der Waals surface area contributed by atoms with Crippen molar-refractivity contribution in [3.8, 4) is 6.07 Å². The van der Waals surface area contributed by atoms with Gasteiger partial charge in [-0.3, -0.25) is 0 Å². The minimum Gasteiger partial charge on any atom is -0.465 e. The van der Waals surface area contributed by atoms with Crippen molar-refractivity contribution < 1.29 is 9.53 Å². The molecule has 1 heterocycles. The maximum Gasteiger partial charge on any atom is 0.343 e. The van der Waals surface area contributed by atoms with Gasteiger partial charge in [0.2, 0.25) is 0 Å². The van der Waals surface area contributed by atoms with E-state index in [9.17, 15) is 4.79 Å². The summed E-state index contributed by atoms with van der Waals surface area (Å²) in [6.45, 7) is 0. The molecule has 5 nitrogen and oxygen atoms in total. The van der Waals surface area contributed by atoms with Crippen molar-refractivity contribution in [2.45, 2.75) is 44.6 Å². The Hall–Kier alpha value is -1.74. The fraction of sp³-hybridized carbons (Fsp3) is 0.571. The first kappa shape index (κ1) is 14.7. The van der Waals surface area contributed by atoms with Crippen LogP contribution >= 0.6 is 11.3 Å². The molecule has 0 radical (unpaired) electrons. The van der Waals surface area contributed by atoms with Gasteiger partial charge in [-0.1, -0.05) is 25.7 Å². The second-order valence-corrected chi connectivity index (χ2v) is 6.01. The standard InChI is InChI=1S/C14H19N3O2S/c1-19-14(18)11-12(16)10(8-15)20-13(11)17-9-6-4-2-3-5-7-9/h9,17H,2-7,16H2,1H3. The Morgan fingerprint density at radius 1 is 1.40 bits per heavy atom. The second-order valence-electron chi connectivity index (χ2n) is 4.99. The zero-order valence-electron chi connectivity index (χ0n) is 11.6. The number of ether oxygens (including phenoxy) is 1. The summed E-state index contributed by atoms with van der Waals surface area (Å²) in [5.74, 6) is -0.489. The Kier molecular flexibility index (Phi) is 4.85. The SMILES string of the molecule is COC(=O)c1c(NC2CCCCCC2)sc(C#N)c1N. The first-order valence-corrected chi connectivity index (χ1v) is 7.66. The predicted octanol–water partition coefficient (Wildman–Crippen LogP) is 3.12. The van der Waals surface area contributed by atoms with Crippen LogP contribution in [-0.4, -0.2) is 19.1 Å². The van der Waals surface area contributed by atoms with Gasteiger partial charge in [-0.15, -0.1) is 11.3 Å². The van der Waals surface area contributed by atoms with Gasteiger partial charge < -0.3 is 15.8 Å². The molecule has 1 aliphatic rings. The van der Waals surface area contributed by atoms with Crippen molar-refractivity contribution in [2.24, 2.45) is 0 Å². The van der Waals surface area contributed by atoms with Gasteiger partial charge in [0.05, 0.1) is 12.8 Å². The molecule has 1 aliphatic carbocycles. The van der Waals surface area contributed by atoms with E-state index in [1.54, 1.807) is 0 Å². The van der Waals surface area contributed by atoms with Gasteiger partial charge >= 0.3 is 5.97 Å². The van der Waals surface area contributed by atoms with Crippen LogP contribution in [0.5, 0.6) is 0 Å². The van der Waals surface area contributed by atoms with E-state index in [0.29, 0.717) is 21.5 Å². The van der Waals surface area contributed by atoms with Gasteiger partial charge in [0.25, 0.3) is 0 Å². The number of nitrogens with two attached hydrogens (primary N) is 1. The van der Waals surface area contributed by atoms with Gasteiger partial charge in [-0.2, -0.15) is 5.26 Å². The minimum absolute atomic E-state index is 0.223. The minimum atomic E-state index is -0.489. The summed E-state index contributed by atoms with van der Waals surface area (Å²) in [6, 6.07) is 2.37. The van der Waals surface area contributed by atoms with Gasteiger partial charge in [-0.05, 0) is 12.8 Å². The largest absolute Gasteiger partial charge is 0.465 e. The molecule has 0 saturated heterocycles. The lowest BCUT2D eigenvalue weighted by Gasteiger charge is -2.17. The summed E-state index contributed by atoms with van der Waals surface area (Å²) < 4.78 is 4.77. The fourth-order valence-corrected chi connectivity index (χ4v) is 3.53. The molecule has 0 bridgehead atoms. The molecule has 6 heteroatoms. The highest BCUT2D eigenvalue weighted by Gasteiger charge is 2.24. The quantitative estimate of drug-likeness (QED) is 0.660. The van der Waals surface area contributed by atoms with Crippen LogP contribution in [0.1, 0.15) is 53.8 Å². The highest BCUT2D eigenvalue weighted by atomic mass is 32.1. The Balaban J connectivity index is 2.25. The third kappa shape index (κ3) is 3.05. The number of hydrogen-bond donors (Lipinski definition) is 2. The normalized spacial score (nSPS) is 16.2. The van der Waals surface area contributed by atoms with Crippen LogP contribution in [0.4, 0.5) is 10.7 Å². The van der Waals surface area contributed by atoms with E-state index in [4.69, 9.17) is 15.7 Å². The van der Waals surface area contributed by atoms with Crippen molar-refractivity contribution in [1.82, 2.24) is 0 Å². The number of nitrogen functional groups attached to an aromatic ring is 1. The van der Waals surface area contributed by atoms with Crippen molar-refractivity contribution >= 4 is 28.0 Å². The highest BCUT2D eigenvalue weighted by molar-refractivity contribution is 7.17. The first-order chi connectivity index (χ1) is 9.67. The van der Waals surface area contributed by atoms with E-state index >= 15 is 0 Å². The molecule has 0 amide bonds. The molecule has 0 unspecified atom stereocenters. The fourth-order valence-electron chi connectivity index (χ4n) is 2.54. The average molecular weight is 293 g/mol. The third-order valence-electron chi connectivity index (χ3n) is 3.63. The molecule has 108 valence electrons. The predicted molar refractivity (Wildman–Crippen MR) is 79.9 cm³/mol. The average Bonchev–Trinajstić information content (AvgIpc) is 2.63. The molecule has 0 atom stereocenters. The lowest BCUT2D eigenvalue weighted by Crippen LogP contribution is -2.19. The molecule has 1 aromatic heterocycles. The van der Waals surface area contributed by atoms with Crippen molar-refractivity contribution in [1.29, 1.82) is 5.26 Å². The van der Waals surface area contributed by atoms with Crippen LogP contribution in [-0.2, 0) is 4.74 Å². The Bertz CT molecular complexity index is 525. The van der Waals surface area contributed by atoms with Crippen LogP contribution < -0.4 is 11.1 Å². The van der Waals surface area contributed by atoms with Crippen LogP contribution in [0.15, 0.2) is 0 Å². The van der Waals surface area contributed by atoms with Crippen molar-refractivity contribution in [3.05, 3.63) is 10.4 Å². The molecule has 1 saturated carbocycles. The van der Waals surface area contributed by atoms with E-state index in [1.165, 1.54) is 44.1 Å². The lowest BCUT2D eigenvalue weighted by molar-refractivity contribution is 0.0603. The zero-order chi connectivity index (χ0) is 14.5. The molecule has 2 rings (SSSR count). The summed E-state index contributed by atoms with van der Waals surface area (Å²) in [7, 11) is 1.32. The summed E-state index contributed by atoms with van der Waals surface area (Å²) in [6.07, 6.45) is 7.07. The number of methoxy groups -OCH3 is 1.